The molecule has 1 amide bonds. The molecule has 0 saturated heterocycles. The molecular weight excluding hydrogens is 258 g/mol. The van der Waals surface area contributed by atoms with E-state index >= 15 is 0 Å². The van der Waals surface area contributed by atoms with Gasteiger partial charge in [-0.2, -0.15) is 0 Å². The maximum atomic E-state index is 11.4. The molecule has 0 fully saturated rings. The van der Waals surface area contributed by atoms with Crippen LogP contribution < -0.4 is 5.32 Å². The van der Waals surface area contributed by atoms with Crippen LogP contribution >= 0.6 is 0 Å². The molecule has 0 rings (SSSR count). The van der Waals surface area contributed by atoms with Crippen LogP contribution in [0, 0.1) is 0 Å². The fraction of sp³-hybridized carbons (Fsp3) is 0.818. The molecular formula is C11H21NO5S. The van der Waals surface area contributed by atoms with Gasteiger partial charge in [-0.3, -0.25) is 4.79 Å². The topological polar surface area (TPSA) is 101 Å². The molecule has 1 unspecified atom stereocenters. The van der Waals surface area contributed by atoms with E-state index in [1.807, 2.05) is 6.92 Å². The first-order chi connectivity index (χ1) is 8.26. The highest BCUT2D eigenvalue weighted by Gasteiger charge is 2.21. The molecule has 0 aromatic heterocycles. The normalized spacial score (nSPS) is 13.0. The third kappa shape index (κ3) is 8.98. The highest BCUT2D eigenvalue weighted by Crippen LogP contribution is 2.01. The average molecular weight is 279 g/mol. The second kappa shape index (κ2) is 8.07. The van der Waals surface area contributed by atoms with Crippen LogP contribution in [0.25, 0.3) is 0 Å². The summed E-state index contributed by atoms with van der Waals surface area (Å²) in [4.78, 5) is 22.3. The largest absolute Gasteiger partial charge is 0.480 e. The molecule has 0 radical (unpaired) electrons. The van der Waals surface area contributed by atoms with E-state index in [0.717, 1.165) is 19.1 Å². The standard InChI is InChI=1S/C11H21NO5S/c1-3-4-5-6-10(13)12-9(11(14)15)7-8-18(2,16)17/h9H,3-8H2,1-2H3,(H,12,13)(H,14,15). The number of carboxylic acid groups (broad SMARTS) is 1. The molecule has 0 spiro atoms. The van der Waals surface area contributed by atoms with Gasteiger partial charge in [-0.1, -0.05) is 19.8 Å². The van der Waals surface area contributed by atoms with Crippen LogP contribution in [0.5, 0.6) is 0 Å². The fourth-order valence-electron chi connectivity index (χ4n) is 1.39. The monoisotopic (exact) mass is 279 g/mol. The number of nitrogens with one attached hydrogen (secondary N) is 1. The van der Waals surface area contributed by atoms with Gasteiger partial charge < -0.3 is 10.4 Å². The third-order valence-electron chi connectivity index (χ3n) is 2.42. The predicted octanol–water partition coefficient (Wildman–Crippen LogP) is 0.571. The quantitative estimate of drug-likeness (QED) is 0.601. The Kier molecular flexibility index (Phi) is 7.58. The maximum absolute atomic E-state index is 11.4. The molecule has 2 N–H and O–H groups in total. The fourth-order valence-corrected chi connectivity index (χ4v) is 2.06. The Morgan fingerprint density at radius 3 is 2.33 bits per heavy atom. The van der Waals surface area contributed by atoms with E-state index in [-0.39, 0.29) is 24.5 Å². The number of sulfone groups is 1. The van der Waals surface area contributed by atoms with Crippen molar-refractivity contribution in [1.82, 2.24) is 5.32 Å². The first-order valence-electron chi connectivity index (χ1n) is 5.96. The van der Waals surface area contributed by atoms with Gasteiger partial charge in [0, 0.05) is 12.7 Å². The van der Waals surface area contributed by atoms with Crippen LogP contribution in [0.1, 0.15) is 39.0 Å². The lowest BCUT2D eigenvalue weighted by molar-refractivity contribution is -0.141. The Balaban J connectivity index is 4.19. The Labute approximate surface area is 108 Å². The van der Waals surface area contributed by atoms with E-state index < -0.39 is 21.8 Å². The highest BCUT2D eigenvalue weighted by molar-refractivity contribution is 7.90. The zero-order valence-corrected chi connectivity index (χ0v) is 11.6. The Bertz CT molecular complexity index is 377. The van der Waals surface area contributed by atoms with Crippen LogP contribution in [-0.2, 0) is 19.4 Å². The number of carboxylic acids is 1. The molecule has 0 heterocycles. The Hall–Kier alpha value is -1.11. The number of unbranched alkanes of at least 4 members (excludes halogenated alkanes) is 2. The lowest BCUT2D eigenvalue weighted by Crippen LogP contribution is -2.41. The smallest absolute Gasteiger partial charge is 0.326 e. The molecule has 106 valence electrons. The molecule has 6 nitrogen and oxygen atoms in total. The molecule has 7 heteroatoms. The van der Waals surface area contributed by atoms with Crippen LogP contribution in [0.4, 0.5) is 0 Å². The number of aliphatic carboxylic acids is 1. The summed E-state index contributed by atoms with van der Waals surface area (Å²) in [6, 6.07) is -1.13. The van der Waals surface area contributed by atoms with Gasteiger partial charge >= 0.3 is 5.97 Å². The van der Waals surface area contributed by atoms with E-state index in [9.17, 15) is 18.0 Å². The highest BCUT2D eigenvalue weighted by atomic mass is 32.2. The van der Waals surface area contributed by atoms with Crippen molar-refractivity contribution in [3.8, 4) is 0 Å². The van der Waals surface area contributed by atoms with Gasteiger partial charge in [-0.05, 0) is 12.8 Å². The average Bonchev–Trinajstić information content (AvgIpc) is 2.22. The summed E-state index contributed by atoms with van der Waals surface area (Å²) in [5.74, 6) is -1.80. The molecule has 0 aliphatic carbocycles. The summed E-state index contributed by atoms with van der Waals surface area (Å²) in [5.41, 5.74) is 0. The number of hydrogen-bond donors (Lipinski definition) is 2. The Morgan fingerprint density at radius 1 is 1.28 bits per heavy atom. The summed E-state index contributed by atoms with van der Waals surface area (Å²) in [5, 5.41) is 11.2. The van der Waals surface area contributed by atoms with E-state index in [1.165, 1.54) is 0 Å². The van der Waals surface area contributed by atoms with Gasteiger partial charge in [0.2, 0.25) is 5.91 Å². The van der Waals surface area contributed by atoms with Crippen molar-refractivity contribution < 1.29 is 23.1 Å². The molecule has 0 aromatic carbocycles. The zero-order valence-electron chi connectivity index (χ0n) is 10.8. The van der Waals surface area contributed by atoms with Gasteiger partial charge in [-0.25, -0.2) is 13.2 Å². The second-order valence-corrected chi connectivity index (χ2v) is 6.59. The van der Waals surface area contributed by atoms with Crippen molar-refractivity contribution in [2.45, 2.75) is 45.1 Å². The van der Waals surface area contributed by atoms with Gasteiger partial charge in [0.25, 0.3) is 0 Å². The summed E-state index contributed by atoms with van der Waals surface area (Å²) < 4.78 is 21.9. The number of hydrogen-bond acceptors (Lipinski definition) is 4. The first kappa shape index (κ1) is 16.9. The second-order valence-electron chi connectivity index (χ2n) is 4.33. The molecule has 0 saturated carbocycles. The predicted molar refractivity (Wildman–Crippen MR) is 68.0 cm³/mol. The van der Waals surface area contributed by atoms with Crippen molar-refractivity contribution in [2.75, 3.05) is 12.0 Å². The lowest BCUT2D eigenvalue weighted by atomic mass is 10.1. The van der Waals surface area contributed by atoms with Crippen LogP contribution in [0.2, 0.25) is 0 Å². The minimum atomic E-state index is -3.22. The minimum absolute atomic E-state index is 0.103. The molecule has 0 aliphatic heterocycles. The van der Waals surface area contributed by atoms with Gasteiger partial charge in [-0.15, -0.1) is 0 Å². The van der Waals surface area contributed by atoms with Crippen molar-refractivity contribution in [2.24, 2.45) is 0 Å². The van der Waals surface area contributed by atoms with E-state index in [1.54, 1.807) is 0 Å². The van der Waals surface area contributed by atoms with Crippen LogP contribution in [-0.4, -0.2) is 43.5 Å². The summed E-state index contributed by atoms with van der Waals surface area (Å²) in [6.07, 6.45) is 3.80. The van der Waals surface area contributed by atoms with E-state index in [2.05, 4.69) is 5.32 Å². The minimum Gasteiger partial charge on any atom is -0.480 e. The van der Waals surface area contributed by atoms with E-state index in [0.29, 0.717) is 6.42 Å². The maximum Gasteiger partial charge on any atom is 0.326 e. The van der Waals surface area contributed by atoms with Crippen LogP contribution in [0.15, 0.2) is 0 Å². The number of amides is 1. The van der Waals surface area contributed by atoms with Crippen molar-refractivity contribution >= 4 is 21.7 Å². The first-order valence-corrected chi connectivity index (χ1v) is 8.02. The molecule has 0 aliphatic rings. The van der Waals surface area contributed by atoms with Crippen molar-refractivity contribution in [3.05, 3.63) is 0 Å². The zero-order chi connectivity index (χ0) is 14.2. The summed E-state index contributed by atoms with van der Waals surface area (Å²) >= 11 is 0. The van der Waals surface area contributed by atoms with Gasteiger partial charge in [0.1, 0.15) is 15.9 Å². The van der Waals surface area contributed by atoms with Crippen molar-refractivity contribution in [1.29, 1.82) is 0 Å². The molecule has 0 aromatic rings. The molecule has 0 bridgehead atoms. The number of carbonyl (C=O) groups excluding carboxylic acids is 1. The third-order valence-corrected chi connectivity index (χ3v) is 3.40. The van der Waals surface area contributed by atoms with Gasteiger partial charge in [0.15, 0.2) is 0 Å². The molecule has 18 heavy (non-hydrogen) atoms. The van der Waals surface area contributed by atoms with Crippen LogP contribution in [0.3, 0.4) is 0 Å². The summed E-state index contributed by atoms with van der Waals surface area (Å²) in [7, 11) is -3.22. The number of carbonyl (C=O) groups is 2. The van der Waals surface area contributed by atoms with E-state index in [4.69, 9.17) is 5.11 Å². The summed E-state index contributed by atoms with van der Waals surface area (Å²) in [6.45, 7) is 2.00. The molecule has 1 atom stereocenters. The van der Waals surface area contributed by atoms with Gasteiger partial charge in [0.05, 0.1) is 5.75 Å². The van der Waals surface area contributed by atoms with Crippen molar-refractivity contribution in [3.63, 3.8) is 0 Å². The lowest BCUT2D eigenvalue weighted by Gasteiger charge is -2.13. The number of rotatable bonds is 9. The Morgan fingerprint density at radius 2 is 1.89 bits per heavy atom. The SMILES string of the molecule is CCCCCC(=O)NC(CCS(C)(=O)=O)C(=O)O.